The van der Waals surface area contributed by atoms with E-state index in [1.165, 1.54) is 34.6 Å². The monoisotopic (exact) mass is 575 g/mol. The van der Waals surface area contributed by atoms with Crippen LogP contribution in [0.4, 0.5) is 18.9 Å². The summed E-state index contributed by atoms with van der Waals surface area (Å²) in [5.74, 6) is 0. The van der Waals surface area contributed by atoms with Gasteiger partial charge in [0.2, 0.25) is 10.0 Å². The number of hydrogen-bond acceptors (Lipinski definition) is 8. The third kappa shape index (κ3) is 5.83. The zero-order chi connectivity index (χ0) is 27.7. The molecular formula is C25H32F3N3O5S2. The van der Waals surface area contributed by atoms with Crippen molar-refractivity contribution in [2.45, 2.75) is 37.2 Å². The number of nitrogens with zero attached hydrogens (tertiary/aromatic N) is 3. The van der Waals surface area contributed by atoms with Crippen LogP contribution in [0.2, 0.25) is 0 Å². The van der Waals surface area contributed by atoms with E-state index in [0.717, 1.165) is 0 Å². The summed E-state index contributed by atoms with van der Waals surface area (Å²) in [4.78, 5) is 4.48. The number of rotatable bonds is 7. The molecule has 0 radical (unpaired) electrons. The van der Waals surface area contributed by atoms with Crippen molar-refractivity contribution in [1.29, 1.82) is 0 Å². The van der Waals surface area contributed by atoms with Crippen molar-refractivity contribution in [3.8, 4) is 0 Å². The molecule has 0 amide bonds. The minimum atomic E-state index is -4.84. The summed E-state index contributed by atoms with van der Waals surface area (Å²) in [5.41, 5.74) is -2.68. The molecule has 1 aromatic rings. The number of piperazine rings is 1. The van der Waals surface area contributed by atoms with Crippen LogP contribution < -0.4 is 4.90 Å². The van der Waals surface area contributed by atoms with Crippen molar-refractivity contribution in [3.63, 3.8) is 0 Å². The molecule has 1 aromatic carbocycles. The third-order valence-corrected chi connectivity index (χ3v) is 9.81. The average Bonchev–Trinajstić information content (AvgIpc) is 2.88. The molecule has 0 unspecified atom stereocenters. The van der Waals surface area contributed by atoms with Crippen molar-refractivity contribution >= 4 is 32.8 Å². The predicted octanol–water partition coefficient (Wildman–Crippen LogP) is 2.18. The summed E-state index contributed by atoms with van der Waals surface area (Å²) >= 11 is 5.32. The Bertz CT molecular complexity index is 1190. The molecule has 2 aliphatic heterocycles. The van der Waals surface area contributed by atoms with E-state index in [-0.39, 0.29) is 42.2 Å². The van der Waals surface area contributed by atoms with E-state index in [0.29, 0.717) is 56.7 Å². The van der Waals surface area contributed by atoms with E-state index in [1.54, 1.807) is 12.2 Å². The maximum Gasteiger partial charge on any atom is 0.421 e. The first-order valence-electron chi connectivity index (χ1n) is 12.4. The van der Waals surface area contributed by atoms with Gasteiger partial charge < -0.3 is 19.8 Å². The fourth-order valence-corrected chi connectivity index (χ4v) is 7.01. The van der Waals surface area contributed by atoms with Gasteiger partial charge in [0.25, 0.3) is 0 Å². The minimum absolute atomic E-state index is 0.112. The van der Waals surface area contributed by atoms with E-state index in [1.807, 2.05) is 9.80 Å². The van der Waals surface area contributed by atoms with Gasteiger partial charge in [-0.2, -0.15) is 17.5 Å². The molecule has 0 bridgehead atoms. The number of anilines is 1. The highest BCUT2D eigenvalue weighted by Gasteiger charge is 2.51. The van der Waals surface area contributed by atoms with Gasteiger partial charge in [-0.25, -0.2) is 8.42 Å². The van der Waals surface area contributed by atoms with E-state index < -0.39 is 21.8 Å². The number of morpholine rings is 1. The van der Waals surface area contributed by atoms with Crippen LogP contribution in [0.1, 0.15) is 18.9 Å². The molecule has 8 nitrogen and oxygen atoms in total. The quantitative estimate of drug-likeness (QED) is 0.478. The highest BCUT2D eigenvalue weighted by Crippen LogP contribution is 2.39. The number of sulfonamides is 1. The standard InChI is InChI=1S/C25H32F3N3O5S2/c1-24(33,25(26,27)28)18-6-8-19(9-7-18)31-11-10-30(38(34,35)23-5-3-2-4-22(23)37)15-20(31)14-29-12-13-36-17-21(29)16-32/h2-3,5-9,20-21,32-33H,4,10-17H2,1H3/t20-,21+,24+/m0/s1. The molecule has 4 rings (SSSR count). The molecule has 2 saturated heterocycles. The van der Waals surface area contributed by atoms with Crippen molar-refractivity contribution in [2.24, 2.45) is 0 Å². The van der Waals surface area contributed by atoms with Gasteiger partial charge in [-0.15, -0.1) is 0 Å². The van der Waals surface area contributed by atoms with Gasteiger partial charge in [-0.05, 0) is 30.7 Å². The normalized spacial score (nSPS) is 25.8. The number of alkyl halides is 3. The second kappa shape index (κ2) is 11.3. The van der Waals surface area contributed by atoms with Crippen LogP contribution in [0.25, 0.3) is 0 Å². The maximum absolute atomic E-state index is 13.5. The summed E-state index contributed by atoms with van der Waals surface area (Å²) in [5, 5.41) is 19.9. The van der Waals surface area contributed by atoms with Gasteiger partial charge in [0.05, 0.1) is 36.8 Å². The van der Waals surface area contributed by atoms with Gasteiger partial charge in [0.1, 0.15) is 0 Å². The lowest BCUT2D eigenvalue weighted by Gasteiger charge is -2.46. The van der Waals surface area contributed by atoms with Crippen molar-refractivity contribution < 1.29 is 36.5 Å². The lowest BCUT2D eigenvalue weighted by Crippen LogP contribution is -2.61. The number of aliphatic hydroxyl groups excluding tert-OH is 1. The largest absolute Gasteiger partial charge is 0.421 e. The smallest absolute Gasteiger partial charge is 0.395 e. The van der Waals surface area contributed by atoms with E-state index >= 15 is 0 Å². The number of aliphatic hydroxyl groups is 2. The molecule has 2 heterocycles. The van der Waals surface area contributed by atoms with Gasteiger partial charge in [0, 0.05) is 49.7 Å². The molecule has 2 N–H and O–H groups in total. The second-order valence-corrected chi connectivity index (χ2v) is 12.2. The molecule has 38 heavy (non-hydrogen) atoms. The fourth-order valence-electron chi connectivity index (χ4n) is 4.94. The first-order chi connectivity index (χ1) is 17.9. The van der Waals surface area contributed by atoms with Crippen LogP contribution in [0, 0.1) is 0 Å². The summed E-state index contributed by atoms with van der Waals surface area (Å²) in [6, 6.07) is 4.89. The van der Waals surface area contributed by atoms with Gasteiger partial charge >= 0.3 is 6.18 Å². The Labute approximate surface area is 226 Å². The number of benzene rings is 1. The Morgan fingerprint density at radius 1 is 1.13 bits per heavy atom. The lowest BCUT2D eigenvalue weighted by molar-refractivity contribution is -0.258. The first kappa shape index (κ1) is 29.1. The van der Waals surface area contributed by atoms with E-state index in [2.05, 4.69) is 0 Å². The Kier molecular flexibility index (Phi) is 8.67. The molecule has 3 atom stereocenters. The topological polar surface area (TPSA) is 93.6 Å². The Balaban J connectivity index is 1.62. The number of allylic oxidation sites excluding steroid dienone is 4. The number of ether oxygens (including phenoxy) is 1. The Hall–Kier alpha value is -1.87. The Morgan fingerprint density at radius 3 is 2.47 bits per heavy atom. The molecule has 1 aliphatic carbocycles. The van der Waals surface area contributed by atoms with Crippen LogP contribution in [0.3, 0.4) is 0 Å². The van der Waals surface area contributed by atoms with Crippen LogP contribution >= 0.6 is 12.2 Å². The third-order valence-electron chi connectivity index (χ3n) is 7.34. The molecule has 3 aliphatic rings. The molecule has 2 fully saturated rings. The van der Waals surface area contributed by atoms with E-state index in [4.69, 9.17) is 17.0 Å². The number of halogens is 3. The van der Waals surface area contributed by atoms with Crippen LogP contribution in [-0.2, 0) is 20.4 Å². The van der Waals surface area contributed by atoms with Crippen molar-refractivity contribution in [2.75, 3.05) is 57.4 Å². The predicted molar refractivity (Wildman–Crippen MR) is 141 cm³/mol. The number of hydrogen-bond donors (Lipinski definition) is 2. The molecule has 0 spiro atoms. The lowest BCUT2D eigenvalue weighted by atomic mass is 9.95. The first-order valence-corrected chi connectivity index (χ1v) is 14.2. The molecule has 0 aromatic heterocycles. The summed E-state index contributed by atoms with van der Waals surface area (Å²) in [6.07, 6.45) is 0.528. The van der Waals surface area contributed by atoms with Gasteiger partial charge in [0.15, 0.2) is 5.60 Å². The van der Waals surface area contributed by atoms with Gasteiger partial charge in [-0.1, -0.05) is 36.5 Å². The second-order valence-electron chi connectivity index (χ2n) is 9.82. The zero-order valence-corrected chi connectivity index (χ0v) is 22.6. The maximum atomic E-state index is 13.5. The van der Waals surface area contributed by atoms with Crippen LogP contribution in [0.5, 0.6) is 0 Å². The average molecular weight is 576 g/mol. The molecule has 13 heteroatoms. The Morgan fingerprint density at radius 2 is 1.84 bits per heavy atom. The van der Waals surface area contributed by atoms with Crippen LogP contribution in [-0.4, -0.2) is 104 Å². The fraction of sp³-hybridized carbons (Fsp3) is 0.560. The summed E-state index contributed by atoms with van der Waals surface area (Å²) in [7, 11) is -3.85. The van der Waals surface area contributed by atoms with Gasteiger partial charge in [-0.3, -0.25) is 4.90 Å². The van der Waals surface area contributed by atoms with Crippen molar-refractivity contribution in [3.05, 3.63) is 53.0 Å². The highest BCUT2D eigenvalue weighted by atomic mass is 32.2. The number of thiocarbonyl (C=S) groups is 1. The minimum Gasteiger partial charge on any atom is -0.395 e. The summed E-state index contributed by atoms with van der Waals surface area (Å²) in [6.45, 7) is 2.95. The molecular weight excluding hydrogens is 543 g/mol. The SMILES string of the molecule is C[C@@](O)(c1ccc(N2CCN(S(=O)(=O)C3=CC=CCC3=S)C[C@@H]2CN2CCOC[C@H]2CO)cc1)C(F)(F)F. The zero-order valence-electron chi connectivity index (χ0n) is 21.0. The summed E-state index contributed by atoms with van der Waals surface area (Å²) < 4.78 is 73.9. The van der Waals surface area contributed by atoms with Crippen molar-refractivity contribution in [1.82, 2.24) is 9.21 Å². The molecule has 210 valence electrons. The molecule has 0 saturated carbocycles. The van der Waals surface area contributed by atoms with Crippen LogP contribution in [0.15, 0.2) is 47.4 Å². The highest BCUT2D eigenvalue weighted by molar-refractivity contribution is 7.96. The van der Waals surface area contributed by atoms with E-state index in [9.17, 15) is 31.8 Å².